The molecule has 0 bridgehead atoms. The Balaban J connectivity index is 1.97. The molecule has 2 atom stereocenters. The first-order chi connectivity index (χ1) is 8.88. The van der Waals surface area contributed by atoms with Gasteiger partial charge in [0.15, 0.2) is 0 Å². The molecule has 2 aromatic rings. The highest BCUT2D eigenvalue weighted by molar-refractivity contribution is 5.57. The first kappa shape index (κ1) is 11.1. The van der Waals surface area contributed by atoms with Gasteiger partial charge >= 0.3 is 0 Å². The number of allylic oxidation sites excluding steroid dienone is 1. The van der Waals surface area contributed by atoms with Gasteiger partial charge in [-0.25, -0.2) is 0 Å². The van der Waals surface area contributed by atoms with E-state index in [9.17, 15) is 0 Å². The van der Waals surface area contributed by atoms with Gasteiger partial charge in [-0.3, -0.25) is 0 Å². The number of para-hydroxylation sites is 1. The summed E-state index contributed by atoms with van der Waals surface area (Å²) in [5.41, 5.74) is 3.95. The average Bonchev–Trinajstić information content (AvgIpc) is 2.47. The zero-order valence-electron chi connectivity index (χ0n) is 10.3. The molecule has 0 radical (unpaired) electrons. The Labute approximate surface area is 108 Å². The number of hydrogen-bond acceptors (Lipinski definition) is 1. The third-order valence-electron chi connectivity index (χ3n) is 3.67. The number of fused-ring (bicyclic) bond motifs is 1. The van der Waals surface area contributed by atoms with Crippen LogP contribution in [0.2, 0.25) is 0 Å². The van der Waals surface area contributed by atoms with E-state index in [-0.39, 0.29) is 0 Å². The Morgan fingerprint density at radius 2 is 1.72 bits per heavy atom. The van der Waals surface area contributed by atoms with Crippen molar-refractivity contribution in [3.05, 3.63) is 78.4 Å². The second-order valence-corrected chi connectivity index (χ2v) is 4.77. The predicted molar refractivity (Wildman–Crippen MR) is 76.8 cm³/mol. The third-order valence-corrected chi connectivity index (χ3v) is 3.67. The van der Waals surface area contributed by atoms with Crippen molar-refractivity contribution in [2.24, 2.45) is 0 Å². The number of anilines is 1. The fourth-order valence-electron chi connectivity index (χ4n) is 2.71. The first-order valence-electron chi connectivity index (χ1n) is 6.41. The monoisotopic (exact) mass is 235 g/mol. The second-order valence-electron chi connectivity index (χ2n) is 4.77. The molecule has 18 heavy (non-hydrogen) atoms. The highest BCUT2D eigenvalue weighted by Gasteiger charge is 2.24. The Morgan fingerprint density at radius 3 is 2.50 bits per heavy atom. The lowest BCUT2D eigenvalue weighted by molar-refractivity contribution is 0.616. The lowest BCUT2D eigenvalue weighted by Crippen LogP contribution is -2.20. The predicted octanol–water partition coefficient (Wildman–Crippen LogP) is 4.51. The van der Waals surface area contributed by atoms with E-state index in [1.807, 2.05) is 0 Å². The molecule has 1 heterocycles. The number of rotatable bonds is 2. The maximum atomic E-state index is 3.98. The molecule has 90 valence electrons. The average molecular weight is 235 g/mol. The van der Waals surface area contributed by atoms with Crippen molar-refractivity contribution in [3.8, 4) is 0 Å². The molecule has 1 N–H and O–H groups in total. The van der Waals surface area contributed by atoms with E-state index in [0.717, 1.165) is 6.42 Å². The molecule has 0 amide bonds. The molecular weight excluding hydrogens is 218 g/mol. The lowest BCUT2D eigenvalue weighted by Gasteiger charge is -2.32. The summed E-state index contributed by atoms with van der Waals surface area (Å²) in [5.74, 6) is 0.438. The highest BCUT2D eigenvalue weighted by atomic mass is 14.9. The van der Waals surface area contributed by atoms with Gasteiger partial charge in [-0.2, -0.15) is 0 Å². The highest BCUT2D eigenvalue weighted by Crippen LogP contribution is 2.40. The van der Waals surface area contributed by atoms with Gasteiger partial charge in [0.1, 0.15) is 0 Å². The molecule has 1 heteroatoms. The van der Waals surface area contributed by atoms with Gasteiger partial charge in [0, 0.05) is 11.6 Å². The van der Waals surface area contributed by atoms with Gasteiger partial charge < -0.3 is 5.32 Å². The topological polar surface area (TPSA) is 12.0 Å². The van der Waals surface area contributed by atoms with Crippen LogP contribution < -0.4 is 5.32 Å². The van der Waals surface area contributed by atoms with Crippen molar-refractivity contribution in [2.45, 2.75) is 18.4 Å². The van der Waals surface area contributed by atoms with Gasteiger partial charge in [0.2, 0.25) is 0 Å². The normalized spacial score (nSPS) is 21.8. The number of benzene rings is 2. The second kappa shape index (κ2) is 4.69. The van der Waals surface area contributed by atoms with Crippen LogP contribution in [0.4, 0.5) is 5.69 Å². The molecule has 0 fully saturated rings. The van der Waals surface area contributed by atoms with E-state index in [4.69, 9.17) is 0 Å². The largest absolute Gasteiger partial charge is 0.378 e. The van der Waals surface area contributed by atoms with E-state index in [1.165, 1.54) is 16.8 Å². The quantitative estimate of drug-likeness (QED) is 0.755. The minimum Gasteiger partial charge on any atom is -0.378 e. The third kappa shape index (κ3) is 1.92. The van der Waals surface area contributed by atoms with Crippen LogP contribution in [0.25, 0.3) is 0 Å². The Morgan fingerprint density at radius 1 is 1.00 bits per heavy atom. The Bertz CT molecular complexity index is 545. The zero-order chi connectivity index (χ0) is 12.4. The Kier molecular flexibility index (Phi) is 2.89. The molecule has 0 unspecified atom stereocenters. The van der Waals surface area contributed by atoms with Crippen molar-refractivity contribution in [3.63, 3.8) is 0 Å². The minimum atomic E-state index is 0.379. The van der Waals surface area contributed by atoms with Crippen LogP contribution in [0.1, 0.15) is 29.5 Å². The lowest BCUT2D eigenvalue weighted by atomic mass is 9.84. The summed E-state index contributed by atoms with van der Waals surface area (Å²) in [6.45, 7) is 3.98. The van der Waals surface area contributed by atoms with Crippen LogP contribution in [-0.4, -0.2) is 0 Å². The van der Waals surface area contributed by atoms with E-state index in [1.54, 1.807) is 0 Å². The standard InChI is InChI=1S/C17H17N/c1-2-13-12-17(14-8-4-3-5-9-14)18-16-11-7-6-10-15(13)16/h2-11,13,17-18H,1,12H2/t13-,17-/m0/s1. The first-order valence-corrected chi connectivity index (χ1v) is 6.41. The van der Waals surface area contributed by atoms with Crippen LogP contribution in [0.15, 0.2) is 67.3 Å². The molecule has 0 aromatic heterocycles. The van der Waals surface area contributed by atoms with Crippen LogP contribution >= 0.6 is 0 Å². The molecule has 0 aliphatic carbocycles. The van der Waals surface area contributed by atoms with E-state index in [0.29, 0.717) is 12.0 Å². The molecule has 0 spiro atoms. The smallest absolute Gasteiger partial charge is 0.0522 e. The van der Waals surface area contributed by atoms with E-state index >= 15 is 0 Å². The van der Waals surface area contributed by atoms with Crippen molar-refractivity contribution >= 4 is 5.69 Å². The van der Waals surface area contributed by atoms with Gasteiger partial charge in [-0.05, 0) is 23.6 Å². The van der Waals surface area contributed by atoms with Crippen LogP contribution in [0.5, 0.6) is 0 Å². The summed E-state index contributed by atoms with van der Waals surface area (Å²) in [6.07, 6.45) is 3.14. The van der Waals surface area contributed by atoms with Crippen molar-refractivity contribution in [1.29, 1.82) is 0 Å². The van der Waals surface area contributed by atoms with Crippen molar-refractivity contribution in [1.82, 2.24) is 0 Å². The molecule has 3 rings (SSSR count). The number of nitrogens with one attached hydrogen (secondary N) is 1. The molecule has 1 aliphatic rings. The fourth-order valence-corrected chi connectivity index (χ4v) is 2.71. The molecule has 0 saturated heterocycles. The summed E-state index contributed by atoms with van der Waals surface area (Å²) in [6, 6.07) is 19.5. The summed E-state index contributed by atoms with van der Waals surface area (Å²) in [7, 11) is 0. The molecule has 2 aromatic carbocycles. The van der Waals surface area contributed by atoms with E-state index in [2.05, 4.69) is 72.6 Å². The number of hydrogen-bond donors (Lipinski definition) is 1. The van der Waals surface area contributed by atoms with Crippen molar-refractivity contribution in [2.75, 3.05) is 5.32 Å². The van der Waals surface area contributed by atoms with Gasteiger partial charge in [0.25, 0.3) is 0 Å². The summed E-state index contributed by atoms with van der Waals surface area (Å²) >= 11 is 0. The van der Waals surface area contributed by atoms with E-state index < -0.39 is 0 Å². The van der Waals surface area contributed by atoms with Gasteiger partial charge in [-0.15, -0.1) is 6.58 Å². The minimum absolute atomic E-state index is 0.379. The van der Waals surface area contributed by atoms with Crippen LogP contribution in [0, 0.1) is 0 Å². The maximum absolute atomic E-state index is 3.98. The fraction of sp³-hybridized carbons (Fsp3) is 0.176. The van der Waals surface area contributed by atoms with Gasteiger partial charge in [0.05, 0.1) is 6.04 Å². The van der Waals surface area contributed by atoms with Gasteiger partial charge in [-0.1, -0.05) is 54.6 Å². The molecular formula is C17H17N. The SMILES string of the molecule is C=C[C@H]1C[C@@H](c2ccccc2)Nc2ccccc21. The van der Waals surface area contributed by atoms with Crippen LogP contribution in [0.3, 0.4) is 0 Å². The van der Waals surface area contributed by atoms with Crippen molar-refractivity contribution < 1.29 is 0 Å². The molecule has 1 aliphatic heterocycles. The summed E-state index contributed by atoms with van der Waals surface area (Å²) < 4.78 is 0. The molecule has 0 saturated carbocycles. The summed E-state index contributed by atoms with van der Waals surface area (Å²) in [5, 5.41) is 3.63. The van der Waals surface area contributed by atoms with Crippen LogP contribution in [-0.2, 0) is 0 Å². The Hall–Kier alpha value is -2.02. The maximum Gasteiger partial charge on any atom is 0.0522 e. The summed E-state index contributed by atoms with van der Waals surface area (Å²) in [4.78, 5) is 0. The molecule has 1 nitrogen and oxygen atoms in total. The zero-order valence-corrected chi connectivity index (χ0v) is 10.3.